The van der Waals surface area contributed by atoms with Gasteiger partial charge in [0.25, 0.3) is 0 Å². The Kier molecular flexibility index (Phi) is 7.14. The summed E-state index contributed by atoms with van der Waals surface area (Å²) in [5.74, 6) is -2.76. The number of ether oxygens (including phenoxy) is 6. The summed E-state index contributed by atoms with van der Waals surface area (Å²) in [6.45, 7) is 4.20. The molecule has 1 heterocycles. The van der Waals surface area contributed by atoms with E-state index < -0.39 is 61.7 Å². The highest BCUT2D eigenvalue weighted by Gasteiger charge is 2.52. The zero-order valence-electron chi connectivity index (χ0n) is 15.4. The second-order valence-electron chi connectivity index (χ2n) is 5.23. The fourth-order valence-corrected chi connectivity index (χ4v) is 2.31. The highest BCUT2D eigenvalue weighted by atomic mass is 16.7. The maximum absolute atomic E-state index is 11.5. The molecule has 1 aliphatic rings. The van der Waals surface area contributed by atoms with Crippen molar-refractivity contribution in [2.45, 2.75) is 58.4 Å². The van der Waals surface area contributed by atoms with Crippen LogP contribution in [0, 0.1) is 0 Å². The minimum atomic E-state index is -1.37. The zero-order valence-corrected chi connectivity index (χ0v) is 14.4. The lowest BCUT2D eigenvalue weighted by Crippen LogP contribution is -2.62. The van der Waals surface area contributed by atoms with Gasteiger partial charge in [-0.2, -0.15) is 0 Å². The van der Waals surface area contributed by atoms with Gasteiger partial charge in [-0.05, 0) is 0 Å². The third-order valence-electron chi connectivity index (χ3n) is 3.12. The Balaban J connectivity index is 3.21. The molecule has 10 nitrogen and oxygen atoms in total. The van der Waals surface area contributed by atoms with Crippen LogP contribution in [0.4, 0.5) is 0 Å². The Morgan fingerprint density at radius 2 is 1.40 bits per heavy atom. The van der Waals surface area contributed by atoms with Gasteiger partial charge in [0.05, 0.1) is 1.37 Å². The van der Waals surface area contributed by atoms with Crippen molar-refractivity contribution in [1.82, 2.24) is 0 Å². The molecule has 0 aromatic heterocycles. The van der Waals surface area contributed by atoms with Crippen LogP contribution in [0.25, 0.3) is 0 Å². The summed E-state index contributed by atoms with van der Waals surface area (Å²) in [5.41, 5.74) is 0. The Bertz CT molecular complexity index is 537. The van der Waals surface area contributed by atoms with Crippen LogP contribution in [0.15, 0.2) is 0 Å². The van der Waals surface area contributed by atoms with E-state index >= 15 is 0 Å². The van der Waals surface area contributed by atoms with Gasteiger partial charge in [-0.15, -0.1) is 0 Å². The van der Waals surface area contributed by atoms with Crippen LogP contribution < -0.4 is 0 Å². The number of esters is 4. The topological polar surface area (TPSA) is 124 Å². The van der Waals surface area contributed by atoms with Gasteiger partial charge in [-0.25, -0.2) is 0 Å². The van der Waals surface area contributed by atoms with Crippen LogP contribution in [-0.4, -0.2) is 68.3 Å². The van der Waals surface area contributed by atoms with Gasteiger partial charge in [-0.3, -0.25) is 19.2 Å². The second kappa shape index (κ2) is 9.33. The van der Waals surface area contributed by atoms with E-state index in [1.165, 1.54) is 6.92 Å². The first kappa shape index (κ1) is 19.1. The first-order chi connectivity index (χ1) is 12.1. The predicted octanol–water partition coefficient (Wildman–Crippen LogP) is -0.284. The van der Waals surface area contributed by atoms with E-state index in [1.807, 2.05) is 0 Å². The number of carbonyl (C=O) groups is 4. The van der Waals surface area contributed by atoms with E-state index in [4.69, 9.17) is 29.8 Å². The van der Waals surface area contributed by atoms with Crippen molar-refractivity contribution in [3.8, 4) is 0 Å². The largest absolute Gasteiger partial charge is 0.463 e. The van der Waals surface area contributed by atoms with Crippen LogP contribution in [0.2, 0.25) is 0 Å². The van der Waals surface area contributed by atoms with Crippen molar-refractivity contribution >= 4 is 23.9 Å². The van der Waals surface area contributed by atoms with Crippen LogP contribution in [-0.2, 0) is 47.6 Å². The van der Waals surface area contributed by atoms with Gasteiger partial charge in [-0.1, -0.05) is 0 Å². The minimum Gasteiger partial charge on any atom is -0.463 e. The van der Waals surface area contributed by atoms with Crippen molar-refractivity contribution < 1.29 is 49.0 Å². The smallest absolute Gasteiger partial charge is 0.305 e. The molecule has 0 aromatic carbocycles. The molecule has 0 saturated carbocycles. The zero-order chi connectivity index (χ0) is 19.9. The van der Waals surface area contributed by atoms with Gasteiger partial charge < -0.3 is 28.4 Å². The fraction of sp³-hybridized carbons (Fsp3) is 0.733. The number of carbonyl (C=O) groups excluding carboxylic acids is 4. The minimum absolute atomic E-state index is 0.351. The monoisotopic (exact) mass is 363 g/mol. The van der Waals surface area contributed by atoms with E-state index in [9.17, 15) is 19.2 Å². The summed E-state index contributed by atoms with van der Waals surface area (Å²) in [4.78, 5) is 45.4. The summed E-state index contributed by atoms with van der Waals surface area (Å²) in [5, 5.41) is 0. The maximum Gasteiger partial charge on any atom is 0.305 e. The second-order valence-corrected chi connectivity index (χ2v) is 5.23. The number of hydrogen-bond donors (Lipinski definition) is 0. The molecule has 25 heavy (non-hydrogen) atoms. The van der Waals surface area contributed by atoms with Crippen molar-refractivity contribution in [2.24, 2.45) is 0 Å². The Hall–Kier alpha value is -2.20. The van der Waals surface area contributed by atoms with Crippen LogP contribution in [0.3, 0.4) is 0 Å². The third-order valence-corrected chi connectivity index (χ3v) is 3.12. The lowest BCUT2D eigenvalue weighted by molar-refractivity contribution is -0.301. The molecule has 0 aliphatic carbocycles. The molecule has 1 aliphatic heterocycles. The molecule has 0 radical (unpaired) electrons. The molecule has 0 aromatic rings. The molecule has 1 rings (SSSR count). The normalized spacial score (nSPS) is 29.1. The van der Waals surface area contributed by atoms with Crippen molar-refractivity contribution in [3.05, 3.63) is 0 Å². The van der Waals surface area contributed by atoms with E-state index in [0.29, 0.717) is 0 Å². The van der Waals surface area contributed by atoms with E-state index in [-0.39, 0.29) is 6.61 Å². The molecule has 5 atom stereocenters. The van der Waals surface area contributed by atoms with Crippen LogP contribution in [0.5, 0.6) is 0 Å². The standard InChI is InChI=1S/C15H22O10/c1-7(16)21-6-11-12(22-8(2)17)13(23-9(3)18)14(20-5)15(25-11)24-10(4)19/h11-15H,6H2,1-5H3/t11-,12-,13+,14-,15?/m1/s1/i5D. The molecule has 1 unspecified atom stereocenters. The summed E-state index contributed by atoms with van der Waals surface area (Å²) < 4.78 is 38.2. The molecule has 0 N–H and O–H groups in total. The van der Waals surface area contributed by atoms with Crippen molar-refractivity contribution in [3.63, 3.8) is 0 Å². The molecule has 142 valence electrons. The van der Waals surface area contributed by atoms with Crippen LogP contribution >= 0.6 is 0 Å². The first-order valence-electron chi connectivity index (χ1n) is 8.07. The molecular formula is C15H22O10. The van der Waals surface area contributed by atoms with E-state index in [0.717, 1.165) is 20.8 Å². The van der Waals surface area contributed by atoms with Gasteiger partial charge in [0.1, 0.15) is 12.7 Å². The molecule has 0 bridgehead atoms. The average molecular weight is 363 g/mol. The molecular weight excluding hydrogens is 340 g/mol. The summed E-state index contributed by atoms with van der Waals surface area (Å²) in [7, 11) is -0.565. The summed E-state index contributed by atoms with van der Waals surface area (Å²) in [6.07, 6.45) is -6.14. The highest BCUT2D eigenvalue weighted by Crippen LogP contribution is 2.29. The number of methoxy groups -OCH3 is 1. The number of rotatable bonds is 6. The lowest BCUT2D eigenvalue weighted by atomic mass is 9.98. The Morgan fingerprint density at radius 3 is 1.88 bits per heavy atom. The van der Waals surface area contributed by atoms with Gasteiger partial charge >= 0.3 is 23.9 Å². The maximum atomic E-state index is 11.5. The van der Waals surface area contributed by atoms with Gasteiger partial charge in [0.15, 0.2) is 18.3 Å². The van der Waals surface area contributed by atoms with E-state index in [2.05, 4.69) is 0 Å². The highest BCUT2D eigenvalue weighted by molar-refractivity contribution is 5.68. The SMILES string of the molecule is [2H]CO[C@H]1C(OC(C)=O)O[C@H](COC(C)=O)[C@@H](OC(C)=O)[C@@H]1OC(C)=O. The molecule has 10 heteroatoms. The van der Waals surface area contributed by atoms with Crippen molar-refractivity contribution in [1.29, 1.82) is 0 Å². The Morgan fingerprint density at radius 1 is 0.840 bits per heavy atom. The first-order valence-corrected chi connectivity index (χ1v) is 7.37. The lowest BCUT2D eigenvalue weighted by Gasteiger charge is -2.43. The van der Waals surface area contributed by atoms with Crippen LogP contribution in [0.1, 0.15) is 29.1 Å². The van der Waals surface area contributed by atoms with E-state index in [1.54, 1.807) is 0 Å². The third kappa shape index (κ3) is 6.31. The molecule has 0 amide bonds. The molecule has 1 fully saturated rings. The Labute approximate surface area is 146 Å². The number of hydrogen-bond acceptors (Lipinski definition) is 10. The molecule has 0 spiro atoms. The quantitative estimate of drug-likeness (QED) is 0.459. The average Bonchev–Trinajstić information content (AvgIpc) is 2.49. The van der Waals surface area contributed by atoms with Gasteiger partial charge in [0, 0.05) is 34.8 Å². The van der Waals surface area contributed by atoms with Gasteiger partial charge in [0.2, 0.25) is 6.29 Å². The van der Waals surface area contributed by atoms with Crippen molar-refractivity contribution in [2.75, 3.05) is 13.7 Å². The molecule has 1 saturated heterocycles. The summed E-state index contributed by atoms with van der Waals surface area (Å²) >= 11 is 0. The predicted molar refractivity (Wildman–Crippen MR) is 79.0 cm³/mol. The fourth-order valence-electron chi connectivity index (χ4n) is 2.31. The summed E-state index contributed by atoms with van der Waals surface area (Å²) in [6, 6.07) is 0.